The molecule has 2 aliphatic rings. The van der Waals surface area contributed by atoms with Gasteiger partial charge in [-0.05, 0) is 50.9 Å². The number of carboxylic acid groups (broad SMARTS) is 1. The lowest BCUT2D eigenvalue weighted by atomic mass is 9.84. The fourth-order valence-corrected chi connectivity index (χ4v) is 3.75. The predicted octanol–water partition coefficient (Wildman–Crippen LogP) is 2.53. The highest BCUT2D eigenvalue weighted by Crippen LogP contribution is 2.34. The molecule has 2 fully saturated rings. The van der Waals surface area contributed by atoms with Gasteiger partial charge in [0.1, 0.15) is 0 Å². The molecule has 0 aromatic heterocycles. The van der Waals surface area contributed by atoms with Crippen LogP contribution < -0.4 is 14.9 Å². The van der Waals surface area contributed by atoms with E-state index in [0.29, 0.717) is 6.04 Å². The summed E-state index contributed by atoms with van der Waals surface area (Å²) in [5.41, 5.74) is 3.50. The molecule has 3 rings (SSSR count). The number of nitrogens with zero attached hydrogens (tertiary/aromatic N) is 2. The van der Waals surface area contributed by atoms with E-state index in [0.717, 1.165) is 48.9 Å². The van der Waals surface area contributed by atoms with E-state index in [4.69, 9.17) is 14.6 Å². The number of carboxylic acids is 1. The van der Waals surface area contributed by atoms with Crippen LogP contribution in [-0.4, -0.2) is 61.4 Å². The Morgan fingerprint density at radius 1 is 1.17 bits per heavy atom. The minimum Gasteiger partial charge on any atom is -0.493 e. The van der Waals surface area contributed by atoms with Crippen LogP contribution in [0.2, 0.25) is 0 Å². The second-order valence-corrected chi connectivity index (χ2v) is 7.30. The van der Waals surface area contributed by atoms with E-state index in [-0.39, 0.29) is 18.7 Å². The highest BCUT2D eigenvalue weighted by atomic mass is 16.5. The van der Waals surface area contributed by atoms with Gasteiger partial charge in [-0.3, -0.25) is 9.59 Å². The zero-order chi connectivity index (χ0) is 21.2. The van der Waals surface area contributed by atoms with Crippen LogP contribution in [0.5, 0.6) is 11.5 Å². The van der Waals surface area contributed by atoms with Gasteiger partial charge in [-0.1, -0.05) is 12.1 Å². The smallest absolute Gasteiger partial charge is 0.303 e. The van der Waals surface area contributed by atoms with Crippen LogP contribution in [0.1, 0.15) is 38.5 Å². The molecule has 1 saturated carbocycles. The summed E-state index contributed by atoms with van der Waals surface area (Å²) in [7, 11) is 5.38. The van der Waals surface area contributed by atoms with Crippen LogP contribution in [-0.2, 0) is 9.59 Å². The van der Waals surface area contributed by atoms with Crippen LogP contribution in [0.25, 0.3) is 0 Å². The molecule has 160 valence electrons. The molecule has 1 aromatic rings. The van der Waals surface area contributed by atoms with Gasteiger partial charge in [0.2, 0.25) is 5.91 Å². The minimum absolute atomic E-state index is 0.0158. The van der Waals surface area contributed by atoms with Crippen molar-refractivity contribution in [3.8, 4) is 11.5 Å². The summed E-state index contributed by atoms with van der Waals surface area (Å²) in [5, 5.41) is 12.6. The molecule has 1 heterocycles. The van der Waals surface area contributed by atoms with Crippen molar-refractivity contribution >= 4 is 17.6 Å². The second kappa shape index (κ2) is 11.4. The molecule has 8 nitrogen and oxygen atoms in total. The number of likely N-dealkylation sites (tertiary alicyclic amines) is 1. The molecule has 0 spiro atoms. The molecule has 2 N–H and O–H groups in total. The van der Waals surface area contributed by atoms with Crippen molar-refractivity contribution in [3.05, 3.63) is 24.3 Å². The van der Waals surface area contributed by atoms with E-state index < -0.39 is 5.97 Å². The minimum atomic E-state index is -0.962. The topological polar surface area (TPSA) is 100 Å². The summed E-state index contributed by atoms with van der Waals surface area (Å²) >= 11 is 0. The first-order valence-electron chi connectivity index (χ1n) is 9.88. The lowest BCUT2D eigenvalue weighted by Crippen LogP contribution is -2.36. The van der Waals surface area contributed by atoms with Crippen molar-refractivity contribution in [2.75, 3.05) is 27.8 Å². The largest absolute Gasteiger partial charge is 0.493 e. The predicted molar refractivity (Wildman–Crippen MR) is 110 cm³/mol. The van der Waals surface area contributed by atoms with Crippen molar-refractivity contribution in [1.82, 2.24) is 10.3 Å². The van der Waals surface area contributed by atoms with Gasteiger partial charge in [-0.25, -0.2) is 5.43 Å². The monoisotopic (exact) mass is 405 g/mol. The highest BCUT2D eigenvalue weighted by molar-refractivity contribution is 5.88. The fourth-order valence-electron chi connectivity index (χ4n) is 3.75. The molecule has 29 heavy (non-hydrogen) atoms. The molecule has 0 radical (unpaired) electrons. The zero-order valence-electron chi connectivity index (χ0n) is 17.4. The van der Waals surface area contributed by atoms with Gasteiger partial charge in [-0.15, -0.1) is 0 Å². The molecular formula is C21H31N3O5. The summed E-state index contributed by atoms with van der Waals surface area (Å²) < 4.78 is 10.0. The van der Waals surface area contributed by atoms with Gasteiger partial charge >= 0.3 is 5.97 Å². The maximum absolute atomic E-state index is 11.4. The number of para-hydroxylation sites is 2. The SMILES string of the molecule is CN1CCC2CC/C(=N\NC(=O)CCC(=O)O)CC21.COc1ccccc1OC. The number of carbonyl (C=O) groups excluding carboxylic acids is 1. The van der Waals surface area contributed by atoms with Gasteiger partial charge in [0.15, 0.2) is 11.5 Å². The first kappa shape index (κ1) is 22.7. The number of carbonyl (C=O) groups is 2. The lowest BCUT2D eigenvalue weighted by molar-refractivity contribution is -0.138. The van der Waals surface area contributed by atoms with Crippen molar-refractivity contribution in [1.29, 1.82) is 0 Å². The van der Waals surface area contributed by atoms with Crippen LogP contribution in [0.4, 0.5) is 0 Å². The Hall–Kier alpha value is -2.61. The third kappa shape index (κ3) is 7.05. The van der Waals surface area contributed by atoms with E-state index in [1.165, 1.54) is 6.42 Å². The van der Waals surface area contributed by atoms with Gasteiger partial charge in [0.05, 0.1) is 20.6 Å². The summed E-state index contributed by atoms with van der Waals surface area (Å²) in [5.74, 6) is 1.02. The Balaban J connectivity index is 0.000000253. The fraction of sp³-hybridized carbons (Fsp3) is 0.571. The number of amides is 1. The summed E-state index contributed by atoms with van der Waals surface area (Å²) in [4.78, 5) is 24.1. The Bertz CT molecular complexity index is 699. The van der Waals surface area contributed by atoms with E-state index in [9.17, 15) is 9.59 Å². The van der Waals surface area contributed by atoms with E-state index in [1.807, 2.05) is 24.3 Å². The lowest BCUT2D eigenvalue weighted by Gasteiger charge is -2.30. The van der Waals surface area contributed by atoms with Gasteiger partial charge < -0.3 is 19.5 Å². The van der Waals surface area contributed by atoms with Crippen molar-refractivity contribution < 1.29 is 24.2 Å². The number of nitrogens with one attached hydrogen (secondary N) is 1. The number of ether oxygens (including phenoxy) is 2. The van der Waals surface area contributed by atoms with E-state index >= 15 is 0 Å². The molecule has 1 aliphatic carbocycles. The van der Waals surface area contributed by atoms with Crippen LogP contribution in [0, 0.1) is 5.92 Å². The van der Waals surface area contributed by atoms with Crippen LogP contribution >= 0.6 is 0 Å². The molecule has 2 unspecified atom stereocenters. The number of rotatable bonds is 6. The molecule has 1 aliphatic heterocycles. The first-order valence-corrected chi connectivity index (χ1v) is 9.88. The average Bonchev–Trinajstić information content (AvgIpc) is 3.11. The third-order valence-corrected chi connectivity index (χ3v) is 5.41. The number of hydrazone groups is 1. The highest BCUT2D eigenvalue weighted by Gasteiger charge is 2.35. The maximum atomic E-state index is 11.4. The Morgan fingerprint density at radius 2 is 1.83 bits per heavy atom. The molecule has 0 bridgehead atoms. The Labute approximate surface area is 171 Å². The van der Waals surface area contributed by atoms with E-state index in [1.54, 1.807) is 14.2 Å². The number of hydrogen-bond acceptors (Lipinski definition) is 6. The number of aliphatic carboxylic acids is 1. The van der Waals surface area contributed by atoms with Gasteiger partial charge in [0.25, 0.3) is 0 Å². The molecule has 2 atom stereocenters. The number of benzene rings is 1. The number of hydrogen-bond donors (Lipinski definition) is 2. The first-order chi connectivity index (χ1) is 13.9. The van der Waals surface area contributed by atoms with Crippen LogP contribution in [0.15, 0.2) is 29.4 Å². The Kier molecular flexibility index (Phi) is 8.92. The summed E-state index contributed by atoms with van der Waals surface area (Å²) in [6.45, 7) is 1.15. The molecular weight excluding hydrogens is 374 g/mol. The maximum Gasteiger partial charge on any atom is 0.303 e. The third-order valence-electron chi connectivity index (χ3n) is 5.41. The normalized spacial score (nSPS) is 22.2. The van der Waals surface area contributed by atoms with E-state index in [2.05, 4.69) is 22.5 Å². The molecule has 1 saturated heterocycles. The van der Waals surface area contributed by atoms with Crippen molar-refractivity contribution in [2.45, 2.75) is 44.6 Å². The zero-order valence-corrected chi connectivity index (χ0v) is 17.4. The second-order valence-electron chi connectivity index (χ2n) is 7.30. The van der Waals surface area contributed by atoms with Gasteiger partial charge in [0, 0.05) is 24.6 Å². The number of fused-ring (bicyclic) bond motifs is 1. The van der Waals surface area contributed by atoms with Crippen molar-refractivity contribution in [2.24, 2.45) is 11.0 Å². The summed E-state index contributed by atoms with van der Waals surface area (Å²) in [6.07, 6.45) is 4.09. The number of methoxy groups -OCH3 is 2. The van der Waals surface area contributed by atoms with Crippen molar-refractivity contribution in [3.63, 3.8) is 0 Å². The average molecular weight is 405 g/mol. The molecule has 1 aromatic carbocycles. The molecule has 8 heteroatoms. The molecule has 1 amide bonds. The quantitative estimate of drug-likeness (QED) is 0.706. The Morgan fingerprint density at radius 3 is 2.41 bits per heavy atom. The van der Waals surface area contributed by atoms with Crippen LogP contribution in [0.3, 0.4) is 0 Å². The van der Waals surface area contributed by atoms with Gasteiger partial charge in [-0.2, -0.15) is 5.10 Å². The summed E-state index contributed by atoms with van der Waals surface area (Å²) in [6, 6.07) is 8.09. The standard InChI is InChI=1S/C13H21N3O3.C8H10O2/c1-16-7-6-9-2-3-10(8-11(9)16)14-15-12(17)4-5-13(18)19;1-9-7-5-3-4-6-8(7)10-2/h9,11H,2-8H2,1H3,(H,15,17)(H,18,19);3-6H,1-2H3/b14-10+;.